The maximum atomic E-state index is 13.2. The minimum Gasteiger partial charge on any atom is -0.497 e. The van der Waals surface area contributed by atoms with Gasteiger partial charge in [-0.25, -0.2) is 0 Å². The van der Waals surface area contributed by atoms with Crippen molar-refractivity contribution in [3.8, 4) is 5.75 Å². The number of hydrogen-bond donors (Lipinski definition) is 0. The monoisotopic (exact) mass is 431 g/mol. The van der Waals surface area contributed by atoms with E-state index in [1.807, 2.05) is 12.1 Å². The van der Waals surface area contributed by atoms with E-state index in [0.29, 0.717) is 23.7 Å². The van der Waals surface area contributed by atoms with Gasteiger partial charge in [-0.2, -0.15) is 0 Å². The van der Waals surface area contributed by atoms with Crippen molar-refractivity contribution in [1.82, 2.24) is 4.90 Å². The van der Waals surface area contributed by atoms with Crippen LogP contribution in [-0.4, -0.2) is 36.9 Å². The van der Waals surface area contributed by atoms with E-state index < -0.39 is 0 Å². The summed E-state index contributed by atoms with van der Waals surface area (Å²) in [5.74, 6) is 3.53. The Morgan fingerprint density at radius 1 is 0.969 bits per heavy atom. The Morgan fingerprint density at radius 2 is 1.78 bits per heavy atom. The summed E-state index contributed by atoms with van der Waals surface area (Å²) in [4.78, 5) is 16.1. The van der Waals surface area contributed by atoms with Crippen molar-refractivity contribution in [2.75, 3.05) is 20.2 Å². The van der Waals surface area contributed by atoms with Crippen LogP contribution in [0.3, 0.4) is 0 Å². The van der Waals surface area contributed by atoms with Crippen LogP contribution in [0.4, 0.5) is 0 Å². The summed E-state index contributed by atoms with van der Waals surface area (Å²) in [5.41, 5.74) is 2.73. The molecule has 2 aromatic carbocycles. The largest absolute Gasteiger partial charge is 0.497 e. The molecule has 0 radical (unpaired) electrons. The van der Waals surface area contributed by atoms with E-state index in [4.69, 9.17) is 4.74 Å². The predicted octanol–water partition coefficient (Wildman–Crippen LogP) is 5.57. The number of carbonyl (C=O) groups is 1. The lowest BCUT2D eigenvalue weighted by Gasteiger charge is -2.55. The Labute approximate surface area is 193 Å². The van der Waals surface area contributed by atoms with Crippen LogP contribution in [-0.2, 0) is 17.6 Å². The molecule has 3 aliphatic rings. The van der Waals surface area contributed by atoms with Gasteiger partial charge in [0.2, 0.25) is 0 Å². The van der Waals surface area contributed by atoms with Crippen molar-refractivity contribution in [1.29, 1.82) is 0 Å². The molecule has 32 heavy (non-hydrogen) atoms. The first-order valence-corrected chi connectivity index (χ1v) is 12.7. The summed E-state index contributed by atoms with van der Waals surface area (Å²) in [6.45, 7) is 2.39. The number of piperidine rings is 1. The molecular weight excluding hydrogens is 394 g/mol. The second-order valence-corrected chi connectivity index (χ2v) is 10.2. The SMILES string of the molecule is COc1ccc(C[C@@H]2C(=O)C[C@H]3CCN(CCCc4ccccc4)[C@H]4CCC[C@@H]2[C@H]34)cc1. The van der Waals surface area contributed by atoms with Gasteiger partial charge in [0.25, 0.3) is 0 Å². The molecule has 0 spiro atoms. The van der Waals surface area contributed by atoms with Crippen LogP contribution < -0.4 is 4.74 Å². The quantitative estimate of drug-likeness (QED) is 0.574. The number of aryl methyl sites for hydroxylation is 1. The van der Waals surface area contributed by atoms with Crippen molar-refractivity contribution in [2.45, 2.75) is 57.4 Å². The van der Waals surface area contributed by atoms with Gasteiger partial charge in [-0.15, -0.1) is 0 Å². The van der Waals surface area contributed by atoms with Crippen LogP contribution in [0.1, 0.15) is 49.7 Å². The van der Waals surface area contributed by atoms with Crippen molar-refractivity contribution >= 4 is 5.78 Å². The van der Waals surface area contributed by atoms with Gasteiger partial charge in [0.1, 0.15) is 11.5 Å². The van der Waals surface area contributed by atoms with Gasteiger partial charge in [-0.3, -0.25) is 4.79 Å². The molecule has 5 atom stereocenters. The number of hydrogen-bond acceptors (Lipinski definition) is 3. The number of methoxy groups -OCH3 is 1. The van der Waals surface area contributed by atoms with Gasteiger partial charge < -0.3 is 9.64 Å². The van der Waals surface area contributed by atoms with E-state index in [9.17, 15) is 4.79 Å². The lowest BCUT2D eigenvalue weighted by molar-refractivity contribution is -0.139. The third-order valence-corrected chi connectivity index (χ3v) is 8.54. The molecule has 1 heterocycles. The summed E-state index contributed by atoms with van der Waals surface area (Å²) in [5, 5.41) is 0. The van der Waals surface area contributed by atoms with E-state index in [1.165, 1.54) is 62.7 Å². The van der Waals surface area contributed by atoms with Crippen molar-refractivity contribution in [3.05, 3.63) is 65.7 Å². The van der Waals surface area contributed by atoms with Gasteiger partial charge in [-0.1, -0.05) is 48.9 Å². The molecule has 2 saturated carbocycles. The van der Waals surface area contributed by atoms with E-state index in [0.717, 1.165) is 24.5 Å². The first-order chi connectivity index (χ1) is 15.7. The van der Waals surface area contributed by atoms with E-state index in [-0.39, 0.29) is 5.92 Å². The number of ketones is 1. The topological polar surface area (TPSA) is 29.5 Å². The lowest BCUT2D eigenvalue weighted by atomic mass is 9.55. The average molecular weight is 432 g/mol. The standard InChI is InChI=1S/C29H37NO2/c1-32-24-14-12-22(13-15-24)19-26-25-10-5-11-27-29(25)23(20-28(26)31)16-18-30(27)17-6-9-21-7-3-2-4-8-21/h2-4,7-8,12-15,23,25-27,29H,5-6,9-11,16-20H2,1H3/t23-,25+,26+,27+,29+/m1/s1. The Hall–Kier alpha value is -2.13. The summed E-state index contributed by atoms with van der Waals surface area (Å²) in [7, 11) is 1.71. The fraction of sp³-hybridized carbons (Fsp3) is 0.552. The molecule has 3 nitrogen and oxygen atoms in total. The molecule has 2 aromatic rings. The van der Waals surface area contributed by atoms with Crippen LogP contribution in [0.25, 0.3) is 0 Å². The summed E-state index contributed by atoms with van der Waals surface area (Å²) in [6, 6.07) is 19.9. The minimum atomic E-state index is 0.205. The fourth-order valence-electron chi connectivity index (χ4n) is 7.06. The zero-order valence-corrected chi connectivity index (χ0v) is 19.4. The highest BCUT2D eigenvalue weighted by atomic mass is 16.5. The van der Waals surface area contributed by atoms with Gasteiger partial charge >= 0.3 is 0 Å². The molecule has 0 amide bonds. The molecular formula is C29H37NO2. The highest BCUT2D eigenvalue weighted by Crippen LogP contribution is 2.51. The molecule has 0 aromatic heterocycles. The normalized spacial score (nSPS) is 30.0. The number of Topliss-reactive ketones (excluding diaryl/α,β-unsaturated/α-hetero) is 1. The van der Waals surface area contributed by atoms with Crippen LogP contribution >= 0.6 is 0 Å². The highest BCUT2D eigenvalue weighted by Gasteiger charge is 2.51. The van der Waals surface area contributed by atoms with E-state index >= 15 is 0 Å². The lowest BCUT2D eigenvalue weighted by Crippen LogP contribution is -2.58. The Kier molecular flexibility index (Phi) is 6.64. The summed E-state index contributed by atoms with van der Waals surface area (Å²) >= 11 is 0. The second kappa shape index (κ2) is 9.79. The van der Waals surface area contributed by atoms with Gasteiger partial charge in [-0.05, 0) is 92.6 Å². The first-order valence-electron chi connectivity index (χ1n) is 12.7. The Bertz CT molecular complexity index is 893. The molecule has 170 valence electrons. The second-order valence-electron chi connectivity index (χ2n) is 10.2. The number of carbonyl (C=O) groups excluding carboxylic acids is 1. The molecule has 3 heteroatoms. The maximum absolute atomic E-state index is 13.2. The molecule has 0 bridgehead atoms. The Balaban J connectivity index is 1.27. The molecule has 2 aliphatic carbocycles. The molecule has 5 rings (SSSR count). The Morgan fingerprint density at radius 3 is 2.56 bits per heavy atom. The molecule has 3 fully saturated rings. The van der Waals surface area contributed by atoms with Crippen LogP contribution in [0, 0.1) is 23.7 Å². The van der Waals surface area contributed by atoms with Crippen LogP contribution in [0.5, 0.6) is 5.75 Å². The third-order valence-electron chi connectivity index (χ3n) is 8.54. The minimum absolute atomic E-state index is 0.205. The summed E-state index contributed by atoms with van der Waals surface area (Å²) < 4.78 is 5.32. The van der Waals surface area contributed by atoms with Crippen LogP contribution in [0.15, 0.2) is 54.6 Å². The zero-order valence-electron chi connectivity index (χ0n) is 19.4. The van der Waals surface area contributed by atoms with Gasteiger partial charge in [0.15, 0.2) is 0 Å². The number of benzene rings is 2. The summed E-state index contributed by atoms with van der Waals surface area (Å²) in [6.07, 6.45) is 9.17. The number of nitrogens with zero attached hydrogens (tertiary/aromatic N) is 1. The van der Waals surface area contributed by atoms with Crippen molar-refractivity contribution in [2.24, 2.45) is 23.7 Å². The van der Waals surface area contributed by atoms with Crippen molar-refractivity contribution < 1.29 is 9.53 Å². The predicted molar refractivity (Wildman–Crippen MR) is 129 cm³/mol. The smallest absolute Gasteiger partial charge is 0.136 e. The average Bonchev–Trinajstić information content (AvgIpc) is 2.84. The molecule has 0 N–H and O–H groups in total. The maximum Gasteiger partial charge on any atom is 0.136 e. The van der Waals surface area contributed by atoms with E-state index in [1.54, 1.807) is 7.11 Å². The van der Waals surface area contributed by atoms with Crippen molar-refractivity contribution in [3.63, 3.8) is 0 Å². The van der Waals surface area contributed by atoms with Gasteiger partial charge in [0.05, 0.1) is 7.11 Å². The zero-order chi connectivity index (χ0) is 21.9. The molecule has 0 unspecified atom stereocenters. The highest BCUT2D eigenvalue weighted by molar-refractivity contribution is 5.83. The molecule has 1 saturated heterocycles. The van der Waals surface area contributed by atoms with E-state index in [2.05, 4.69) is 47.4 Å². The number of likely N-dealkylation sites (tertiary alicyclic amines) is 1. The fourth-order valence-corrected chi connectivity index (χ4v) is 7.06. The van der Waals surface area contributed by atoms with Crippen LogP contribution in [0.2, 0.25) is 0 Å². The third kappa shape index (κ3) is 4.50. The number of rotatable bonds is 7. The molecule has 1 aliphatic heterocycles. The van der Waals surface area contributed by atoms with Gasteiger partial charge in [0, 0.05) is 18.4 Å². The number of ether oxygens (including phenoxy) is 1. The first kappa shape index (κ1) is 21.7.